The molecule has 0 aromatic heterocycles. The highest BCUT2D eigenvalue weighted by Crippen LogP contribution is 2.44. The van der Waals surface area contributed by atoms with Crippen molar-refractivity contribution in [3.05, 3.63) is 57.8 Å². The molecular formula is C20H22F3NO6. The Morgan fingerprint density at radius 3 is 1.80 bits per heavy atom. The van der Waals surface area contributed by atoms with E-state index in [0.29, 0.717) is 11.4 Å². The maximum atomic E-state index is 13.5. The van der Waals surface area contributed by atoms with Crippen molar-refractivity contribution in [3.8, 4) is 0 Å². The molecule has 30 heavy (non-hydrogen) atoms. The molecule has 0 bridgehead atoms. The van der Waals surface area contributed by atoms with Crippen LogP contribution in [0.5, 0.6) is 0 Å². The number of carbonyl (C=O) groups excluding carboxylic acids is 2. The lowest BCUT2D eigenvalue weighted by Crippen LogP contribution is -2.30. The predicted octanol–water partition coefficient (Wildman–Crippen LogP) is 5.07. The number of aryl methyl sites for hydroxylation is 1. The second kappa shape index (κ2) is 8.68. The Morgan fingerprint density at radius 1 is 0.933 bits per heavy atom. The van der Waals surface area contributed by atoms with Crippen LogP contribution in [0.1, 0.15) is 36.5 Å². The van der Waals surface area contributed by atoms with Gasteiger partial charge in [-0.2, -0.15) is 13.2 Å². The Morgan fingerprint density at radius 2 is 1.40 bits per heavy atom. The minimum absolute atomic E-state index is 0.0199. The van der Waals surface area contributed by atoms with Gasteiger partial charge in [-0.15, -0.1) is 0 Å². The van der Waals surface area contributed by atoms with Crippen LogP contribution < -0.4 is 0 Å². The first-order valence-corrected chi connectivity index (χ1v) is 8.76. The summed E-state index contributed by atoms with van der Waals surface area (Å²) in [6, 6.07) is 3.68. The van der Waals surface area contributed by atoms with E-state index in [1.165, 1.54) is 19.1 Å². The summed E-state index contributed by atoms with van der Waals surface area (Å²) in [5, 5.41) is 0. The van der Waals surface area contributed by atoms with Gasteiger partial charge in [-0.25, -0.2) is 9.59 Å². The summed E-state index contributed by atoms with van der Waals surface area (Å²) in [7, 11) is 3.82. The summed E-state index contributed by atoms with van der Waals surface area (Å²) in [4.78, 5) is 25.2. The lowest BCUT2D eigenvalue weighted by Gasteiger charge is -2.35. The van der Waals surface area contributed by atoms with Gasteiger partial charge in [-0.05, 0) is 38.0 Å². The number of hydrogen-bond donors (Lipinski definition) is 0. The van der Waals surface area contributed by atoms with E-state index in [1.54, 1.807) is 25.8 Å². The number of allylic oxidation sites excluding steroid dienone is 2. The van der Waals surface area contributed by atoms with Gasteiger partial charge in [0.2, 0.25) is 0 Å². The third-order valence-electron chi connectivity index (χ3n) is 4.86. The van der Waals surface area contributed by atoms with Crippen LogP contribution >= 0.6 is 0 Å². The standard InChI is InChI=1S/C20H22F3NO6/c1-10-7-8-13(9-14(10)20(21,22)23)15-16(29-18(25)27-5)11(2)24(4)12(3)17(15)30-19(26)28-6/h7-9,15H,1-6H3. The smallest absolute Gasteiger partial charge is 0.437 e. The van der Waals surface area contributed by atoms with Gasteiger partial charge in [-0.3, -0.25) is 0 Å². The second-order valence-corrected chi connectivity index (χ2v) is 6.58. The molecule has 1 aromatic rings. The number of methoxy groups -OCH3 is 2. The third-order valence-corrected chi connectivity index (χ3v) is 4.86. The van der Waals surface area contributed by atoms with E-state index in [2.05, 4.69) is 9.47 Å². The molecule has 0 aliphatic carbocycles. The number of benzene rings is 1. The summed E-state index contributed by atoms with van der Waals surface area (Å²) in [5.41, 5.74) is 0.122. The number of carbonyl (C=O) groups is 2. The Balaban J connectivity index is 2.74. The van der Waals surface area contributed by atoms with E-state index in [0.717, 1.165) is 20.3 Å². The average molecular weight is 429 g/mol. The van der Waals surface area contributed by atoms with Crippen molar-refractivity contribution in [1.82, 2.24) is 4.90 Å². The van der Waals surface area contributed by atoms with Gasteiger partial charge in [0, 0.05) is 7.05 Å². The molecule has 7 nitrogen and oxygen atoms in total. The molecule has 0 saturated heterocycles. The lowest BCUT2D eigenvalue weighted by atomic mass is 9.88. The summed E-state index contributed by atoms with van der Waals surface area (Å²) in [6.07, 6.45) is -6.73. The highest BCUT2D eigenvalue weighted by molar-refractivity contribution is 5.65. The summed E-state index contributed by atoms with van der Waals surface area (Å²) in [6.45, 7) is 4.56. The normalized spacial score (nSPS) is 15.3. The molecule has 0 fully saturated rings. The van der Waals surface area contributed by atoms with Crippen LogP contribution in [0, 0.1) is 6.92 Å². The van der Waals surface area contributed by atoms with E-state index in [4.69, 9.17) is 9.47 Å². The van der Waals surface area contributed by atoms with Gasteiger partial charge in [0.1, 0.15) is 17.4 Å². The first-order valence-electron chi connectivity index (χ1n) is 8.76. The molecule has 1 heterocycles. The van der Waals surface area contributed by atoms with Crippen molar-refractivity contribution in [3.63, 3.8) is 0 Å². The maximum Gasteiger partial charge on any atom is 0.513 e. The van der Waals surface area contributed by atoms with Crippen molar-refractivity contribution in [2.24, 2.45) is 0 Å². The fraction of sp³-hybridized carbons (Fsp3) is 0.400. The molecule has 0 saturated carbocycles. The Hall–Kier alpha value is -3.17. The first kappa shape index (κ1) is 23.1. The van der Waals surface area contributed by atoms with E-state index >= 15 is 0 Å². The van der Waals surface area contributed by atoms with Crippen LogP contribution in [0.3, 0.4) is 0 Å². The van der Waals surface area contributed by atoms with E-state index in [1.807, 2.05) is 0 Å². The van der Waals surface area contributed by atoms with Crippen LogP contribution in [0.15, 0.2) is 41.1 Å². The largest absolute Gasteiger partial charge is 0.513 e. The molecule has 0 amide bonds. The SMILES string of the molecule is COC(=O)OC1=C(C)N(C)C(C)=C(OC(=O)OC)C1c1ccc(C)c(C(F)(F)F)c1. The Bertz CT molecular complexity index is 878. The van der Waals surface area contributed by atoms with Gasteiger partial charge < -0.3 is 23.8 Å². The molecule has 164 valence electrons. The number of ether oxygens (including phenoxy) is 4. The third kappa shape index (κ3) is 4.52. The average Bonchev–Trinajstić information content (AvgIpc) is 2.69. The minimum atomic E-state index is -4.60. The molecule has 0 N–H and O–H groups in total. The molecule has 10 heteroatoms. The molecule has 0 unspecified atom stereocenters. The molecule has 2 rings (SSSR count). The van der Waals surface area contributed by atoms with Gasteiger partial charge in [0.25, 0.3) is 0 Å². The number of alkyl halides is 3. The highest BCUT2D eigenvalue weighted by atomic mass is 19.4. The van der Waals surface area contributed by atoms with Crippen LogP contribution in [-0.4, -0.2) is 38.5 Å². The van der Waals surface area contributed by atoms with Crippen LogP contribution in [-0.2, 0) is 25.1 Å². The van der Waals surface area contributed by atoms with Crippen molar-refractivity contribution < 1.29 is 41.7 Å². The molecule has 1 aromatic carbocycles. The predicted molar refractivity (Wildman–Crippen MR) is 99.1 cm³/mol. The van der Waals surface area contributed by atoms with Gasteiger partial charge in [0.15, 0.2) is 0 Å². The topological polar surface area (TPSA) is 74.3 Å². The number of halogens is 3. The lowest BCUT2D eigenvalue weighted by molar-refractivity contribution is -0.138. The Kier molecular flexibility index (Phi) is 6.69. The number of nitrogens with zero attached hydrogens (tertiary/aromatic N) is 1. The fourth-order valence-electron chi connectivity index (χ4n) is 3.07. The van der Waals surface area contributed by atoms with Crippen molar-refractivity contribution >= 4 is 12.3 Å². The monoisotopic (exact) mass is 429 g/mol. The quantitative estimate of drug-likeness (QED) is 0.621. The zero-order valence-electron chi connectivity index (χ0n) is 17.3. The minimum Gasteiger partial charge on any atom is -0.437 e. The molecule has 0 atom stereocenters. The van der Waals surface area contributed by atoms with E-state index in [9.17, 15) is 22.8 Å². The summed E-state index contributed by atoms with van der Waals surface area (Å²) < 4.78 is 60.1. The highest BCUT2D eigenvalue weighted by Gasteiger charge is 2.39. The maximum absolute atomic E-state index is 13.5. The number of rotatable bonds is 3. The van der Waals surface area contributed by atoms with E-state index in [-0.39, 0.29) is 22.6 Å². The van der Waals surface area contributed by atoms with Crippen LogP contribution in [0.25, 0.3) is 0 Å². The van der Waals surface area contributed by atoms with Gasteiger partial charge >= 0.3 is 18.5 Å². The molecule has 0 spiro atoms. The summed E-state index contributed by atoms with van der Waals surface area (Å²) in [5.74, 6) is -1.20. The zero-order chi connectivity index (χ0) is 22.8. The van der Waals surface area contributed by atoms with Crippen molar-refractivity contribution in [1.29, 1.82) is 0 Å². The molecule has 1 aliphatic heterocycles. The van der Waals surface area contributed by atoms with Crippen molar-refractivity contribution in [2.75, 3.05) is 21.3 Å². The summed E-state index contributed by atoms with van der Waals surface area (Å²) >= 11 is 0. The van der Waals surface area contributed by atoms with Gasteiger partial charge in [0.05, 0.1) is 31.2 Å². The van der Waals surface area contributed by atoms with E-state index < -0.39 is 30.0 Å². The number of hydrogen-bond acceptors (Lipinski definition) is 7. The first-order chi connectivity index (χ1) is 13.9. The van der Waals surface area contributed by atoms with Gasteiger partial charge in [-0.1, -0.05) is 12.1 Å². The fourth-order valence-corrected chi connectivity index (χ4v) is 3.07. The molecule has 1 aliphatic rings. The Labute approximate surface area is 171 Å². The molecule has 0 radical (unpaired) electrons. The van der Waals surface area contributed by atoms with Crippen LogP contribution in [0.4, 0.5) is 22.8 Å². The van der Waals surface area contributed by atoms with Crippen LogP contribution in [0.2, 0.25) is 0 Å². The second-order valence-electron chi connectivity index (χ2n) is 6.58. The molecular weight excluding hydrogens is 407 g/mol. The zero-order valence-corrected chi connectivity index (χ0v) is 17.3. The van der Waals surface area contributed by atoms with Crippen molar-refractivity contribution in [2.45, 2.75) is 32.9 Å².